The van der Waals surface area contributed by atoms with Crippen molar-refractivity contribution in [3.63, 3.8) is 0 Å². The molecule has 5 heteroatoms. The monoisotopic (exact) mass is 330 g/mol. The Hall–Kier alpha value is -0.770. The number of halogens is 3. The first-order valence-electron chi connectivity index (χ1n) is 4.94. The lowest BCUT2D eigenvalue weighted by atomic mass is 10.2. The van der Waals surface area contributed by atoms with Crippen molar-refractivity contribution in [3.05, 3.63) is 56.7 Å². The summed E-state index contributed by atoms with van der Waals surface area (Å²) in [4.78, 5) is 3.94. The van der Waals surface area contributed by atoms with E-state index >= 15 is 0 Å². The van der Waals surface area contributed by atoms with Crippen molar-refractivity contribution >= 4 is 44.8 Å². The molecule has 2 nitrogen and oxygen atoms in total. The predicted octanol–water partition coefficient (Wildman–Crippen LogP) is 4.76. The molecule has 0 bridgehead atoms. The van der Waals surface area contributed by atoms with Gasteiger partial charge in [0, 0.05) is 28.4 Å². The van der Waals surface area contributed by atoms with Crippen LogP contribution in [-0.4, -0.2) is 4.98 Å². The number of rotatable bonds is 3. The Labute approximate surface area is 118 Å². The van der Waals surface area contributed by atoms with Crippen LogP contribution in [0.15, 0.2) is 41.1 Å². The minimum atomic E-state index is 0.625. The molecule has 0 aliphatic rings. The third-order valence-corrected chi connectivity index (χ3v) is 3.52. The second-order valence-corrected chi connectivity index (χ2v) is 5.14. The fourth-order valence-corrected chi connectivity index (χ4v) is 2.12. The van der Waals surface area contributed by atoms with E-state index in [0.717, 1.165) is 15.7 Å². The van der Waals surface area contributed by atoms with Gasteiger partial charge >= 0.3 is 0 Å². The molecule has 1 heterocycles. The summed E-state index contributed by atoms with van der Waals surface area (Å²) in [6, 6.07) is 7.48. The van der Waals surface area contributed by atoms with Gasteiger partial charge in [-0.2, -0.15) is 0 Å². The van der Waals surface area contributed by atoms with E-state index in [-0.39, 0.29) is 0 Å². The number of hydrogen-bond donors (Lipinski definition) is 1. The van der Waals surface area contributed by atoms with Crippen LogP contribution in [0.2, 0.25) is 10.0 Å². The molecule has 0 aliphatic carbocycles. The van der Waals surface area contributed by atoms with Crippen LogP contribution in [0, 0.1) is 0 Å². The molecule has 2 aromatic rings. The number of hydrogen-bond acceptors (Lipinski definition) is 2. The fourth-order valence-electron chi connectivity index (χ4n) is 1.37. The van der Waals surface area contributed by atoms with Crippen molar-refractivity contribution in [1.82, 2.24) is 4.98 Å². The molecule has 0 atom stereocenters. The van der Waals surface area contributed by atoms with Crippen LogP contribution >= 0.6 is 39.1 Å². The van der Waals surface area contributed by atoms with Gasteiger partial charge in [-0.05, 0) is 45.8 Å². The van der Waals surface area contributed by atoms with Gasteiger partial charge in [0.25, 0.3) is 0 Å². The van der Waals surface area contributed by atoms with E-state index in [4.69, 9.17) is 23.2 Å². The van der Waals surface area contributed by atoms with Crippen LogP contribution in [0.3, 0.4) is 0 Å². The Balaban J connectivity index is 2.12. The largest absolute Gasteiger partial charge is 0.380 e. The molecule has 0 saturated carbocycles. The Bertz CT molecular complexity index is 532. The summed E-state index contributed by atoms with van der Waals surface area (Å²) in [6.45, 7) is 0.625. The van der Waals surface area contributed by atoms with Crippen LogP contribution in [0.25, 0.3) is 0 Å². The number of anilines is 1. The number of nitrogens with zero attached hydrogens (tertiary/aromatic N) is 1. The van der Waals surface area contributed by atoms with Crippen LogP contribution in [0.5, 0.6) is 0 Å². The molecule has 0 aliphatic heterocycles. The lowest BCUT2D eigenvalue weighted by Gasteiger charge is -2.09. The van der Waals surface area contributed by atoms with E-state index in [9.17, 15) is 0 Å². The topological polar surface area (TPSA) is 24.9 Å². The Morgan fingerprint density at radius 1 is 1.24 bits per heavy atom. The average molecular weight is 332 g/mol. The summed E-state index contributed by atoms with van der Waals surface area (Å²) >= 11 is 15.4. The van der Waals surface area contributed by atoms with E-state index in [1.165, 1.54) is 0 Å². The first-order chi connectivity index (χ1) is 8.16. The highest BCUT2D eigenvalue weighted by atomic mass is 79.9. The smallest absolute Gasteiger partial charge is 0.0639 e. The fraction of sp³-hybridized carbons (Fsp3) is 0.0833. The third kappa shape index (κ3) is 3.35. The average Bonchev–Trinajstić information content (AvgIpc) is 2.32. The van der Waals surface area contributed by atoms with Crippen molar-refractivity contribution in [2.45, 2.75) is 6.54 Å². The molecular formula is C12H9BrCl2N2. The SMILES string of the molecule is Clc1ccc(Br)c(NCc2ccncc2Cl)c1. The van der Waals surface area contributed by atoms with Crippen LogP contribution in [0.4, 0.5) is 5.69 Å². The van der Waals surface area contributed by atoms with Gasteiger partial charge in [-0.15, -0.1) is 0 Å². The zero-order valence-corrected chi connectivity index (χ0v) is 11.9. The standard InChI is InChI=1S/C12H9BrCl2N2/c13-10-2-1-9(14)5-12(10)17-6-8-3-4-16-7-11(8)15/h1-5,7,17H,6H2. The highest BCUT2D eigenvalue weighted by molar-refractivity contribution is 9.10. The lowest BCUT2D eigenvalue weighted by molar-refractivity contribution is 1.12. The molecule has 0 radical (unpaired) electrons. The van der Waals surface area contributed by atoms with Crippen molar-refractivity contribution in [2.75, 3.05) is 5.32 Å². The highest BCUT2D eigenvalue weighted by Gasteiger charge is 2.03. The van der Waals surface area contributed by atoms with Crippen molar-refractivity contribution in [2.24, 2.45) is 0 Å². The summed E-state index contributed by atoms with van der Waals surface area (Å²) in [7, 11) is 0. The molecular weight excluding hydrogens is 323 g/mol. The van der Waals surface area contributed by atoms with Gasteiger partial charge in [-0.1, -0.05) is 23.2 Å². The minimum absolute atomic E-state index is 0.625. The maximum absolute atomic E-state index is 6.02. The van der Waals surface area contributed by atoms with Crippen molar-refractivity contribution in [3.8, 4) is 0 Å². The number of benzene rings is 1. The lowest BCUT2D eigenvalue weighted by Crippen LogP contribution is -2.00. The maximum atomic E-state index is 6.02. The zero-order valence-electron chi connectivity index (χ0n) is 8.75. The van der Waals surface area contributed by atoms with E-state index in [0.29, 0.717) is 16.6 Å². The maximum Gasteiger partial charge on any atom is 0.0639 e. The van der Waals surface area contributed by atoms with E-state index in [1.54, 1.807) is 12.4 Å². The van der Waals surface area contributed by atoms with Gasteiger partial charge in [-0.25, -0.2) is 0 Å². The van der Waals surface area contributed by atoms with E-state index in [2.05, 4.69) is 26.2 Å². The third-order valence-electron chi connectivity index (χ3n) is 2.25. The molecule has 1 aromatic carbocycles. The normalized spacial score (nSPS) is 10.3. The highest BCUT2D eigenvalue weighted by Crippen LogP contribution is 2.26. The van der Waals surface area contributed by atoms with Gasteiger partial charge in [-0.3, -0.25) is 4.98 Å². The quantitative estimate of drug-likeness (QED) is 0.876. The second-order valence-electron chi connectivity index (χ2n) is 3.44. The first-order valence-corrected chi connectivity index (χ1v) is 6.49. The number of pyridine rings is 1. The summed E-state index contributed by atoms with van der Waals surface area (Å²) in [5.41, 5.74) is 1.93. The van der Waals surface area contributed by atoms with Gasteiger partial charge in [0.2, 0.25) is 0 Å². The molecule has 88 valence electrons. The Morgan fingerprint density at radius 3 is 2.82 bits per heavy atom. The molecule has 2 rings (SSSR count). The molecule has 0 unspecified atom stereocenters. The van der Waals surface area contributed by atoms with Crippen molar-refractivity contribution in [1.29, 1.82) is 0 Å². The van der Waals surface area contributed by atoms with Gasteiger partial charge in [0.05, 0.1) is 10.7 Å². The molecule has 0 fully saturated rings. The van der Waals surface area contributed by atoms with Crippen molar-refractivity contribution < 1.29 is 0 Å². The second kappa shape index (κ2) is 5.71. The summed E-state index contributed by atoms with van der Waals surface area (Å²) in [6.07, 6.45) is 3.35. The summed E-state index contributed by atoms with van der Waals surface area (Å²) in [5.74, 6) is 0. The molecule has 0 spiro atoms. The number of aromatic nitrogens is 1. The number of nitrogens with one attached hydrogen (secondary N) is 1. The van der Waals surface area contributed by atoms with Gasteiger partial charge < -0.3 is 5.32 Å². The molecule has 17 heavy (non-hydrogen) atoms. The van der Waals surface area contributed by atoms with Gasteiger partial charge in [0.1, 0.15) is 0 Å². The van der Waals surface area contributed by atoms with E-state index < -0.39 is 0 Å². The summed E-state index contributed by atoms with van der Waals surface area (Å²) in [5, 5.41) is 4.61. The Morgan fingerprint density at radius 2 is 2.06 bits per heavy atom. The zero-order chi connectivity index (χ0) is 12.3. The summed E-state index contributed by atoms with van der Waals surface area (Å²) < 4.78 is 0.965. The molecule has 1 aromatic heterocycles. The Kier molecular flexibility index (Phi) is 4.26. The van der Waals surface area contributed by atoms with Crippen LogP contribution in [-0.2, 0) is 6.54 Å². The van der Waals surface area contributed by atoms with Gasteiger partial charge in [0.15, 0.2) is 0 Å². The first kappa shape index (κ1) is 12.7. The van der Waals surface area contributed by atoms with E-state index in [1.807, 2.05) is 24.3 Å². The predicted molar refractivity (Wildman–Crippen MR) is 75.7 cm³/mol. The minimum Gasteiger partial charge on any atom is -0.380 e. The molecule has 1 N–H and O–H groups in total. The van der Waals surface area contributed by atoms with Crippen LogP contribution < -0.4 is 5.32 Å². The van der Waals surface area contributed by atoms with Crippen LogP contribution in [0.1, 0.15) is 5.56 Å². The molecule has 0 saturated heterocycles. The molecule has 0 amide bonds.